The van der Waals surface area contributed by atoms with Crippen LogP contribution >= 0.6 is 0 Å². The van der Waals surface area contributed by atoms with Crippen LogP contribution in [0.15, 0.2) is 78.9 Å². The zero-order valence-electron chi connectivity index (χ0n) is 23.2. The minimum atomic E-state index is -3.42. The number of primary amides is 1. The quantitative estimate of drug-likeness (QED) is 0.393. The van der Waals surface area contributed by atoms with Crippen LogP contribution < -0.4 is 20.1 Å². The molecule has 0 aromatic heterocycles. The number of carbonyl (C=O) groups is 1. The molecule has 0 saturated carbocycles. The Kier molecular flexibility index (Phi) is 8.16. The molecule has 9 heteroatoms. The molecule has 1 amide bonds. The summed E-state index contributed by atoms with van der Waals surface area (Å²) in [7, 11) is -0.266. The maximum atomic E-state index is 12.6. The molecule has 1 unspecified atom stereocenters. The van der Waals surface area contributed by atoms with Gasteiger partial charge in [-0.15, -0.1) is 0 Å². The van der Waals surface area contributed by atoms with Gasteiger partial charge in [0.25, 0.3) is 0 Å². The fraction of sp³-hybridized carbons (Fsp3) is 0.387. The average Bonchev–Trinajstić information content (AvgIpc) is 2.97. The van der Waals surface area contributed by atoms with Gasteiger partial charge in [-0.3, -0.25) is 14.0 Å². The van der Waals surface area contributed by atoms with Crippen molar-refractivity contribution >= 4 is 21.6 Å². The third-order valence-corrected chi connectivity index (χ3v) is 9.83. The number of methoxy groups -OCH3 is 1. The largest absolute Gasteiger partial charge is 0.496 e. The van der Waals surface area contributed by atoms with E-state index < -0.39 is 10.0 Å². The first kappa shape index (κ1) is 28.1. The second-order valence-electron chi connectivity index (χ2n) is 10.9. The first-order valence-electron chi connectivity index (χ1n) is 13.7. The van der Waals surface area contributed by atoms with Gasteiger partial charge in [0, 0.05) is 43.7 Å². The summed E-state index contributed by atoms with van der Waals surface area (Å²) in [5.41, 5.74) is 9.79. The van der Waals surface area contributed by atoms with Crippen molar-refractivity contribution in [2.45, 2.75) is 31.0 Å². The number of rotatable bonds is 10. The Morgan fingerprint density at radius 1 is 1.07 bits per heavy atom. The highest BCUT2D eigenvalue weighted by molar-refractivity contribution is 7.92. The fourth-order valence-electron chi connectivity index (χ4n) is 6.59. The zero-order chi connectivity index (χ0) is 28.4. The number of nitrogens with one attached hydrogen (secondary N) is 1. The highest BCUT2D eigenvalue weighted by atomic mass is 32.2. The van der Waals surface area contributed by atoms with Gasteiger partial charge in [0.15, 0.2) is 0 Å². The van der Waals surface area contributed by atoms with E-state index in [1.165, 1.54) is 21.7 Å². The molecule has 3 saturated heterocycles. The van der Waals surface area contributed by atoms with Gasteiger partial charge in [-0.2, -0.15) is 0 Å². The minimum absolute atomic E-state index is 0.0357. The van der Waals surface area contributed by atoms with E-state index in [0.717, 1.165) is 18.5 Å². The normalized spacial score (nSPS) is 24.1. The molecule has 0 aliphatic carbocycles. The molecule has 2 bridgehead atoms. The Balaban J connectivity index is 1.54. The monoisotopic (exact) mass is 562 g/mol. The molecule has 40 heavy (non-hydrogen) atoms. The molecule has 3 aliphatic heterocycles. The highest BCUT2D eigenvalue weighted by Gasteiger charge is 2.51. The Hall–Kier alpha value is -3.40. The number of hydrogen-bond acceptors (Lipinski definition) is 6. The molecule has 3 fully saturated rings. The average molecular weight is 563 g/mol. The van der Waals surface area contributed by atoms with Gasteiger partial charge in [-0.1, -0.05) is 60.7 Å². The predicted octanol–water partition coefficient (Wildman–Crippen LogP) is 3.19. The van der Waals surface area contributed by atoms with Crippen LogP contribution in [0.1, 0.15) is 29.0 Å². The Bertz CT molecular complexity index is 1390. The van der Waals surface area contributed by atoms with Crippen LogP contribution in [-0.4, -0.2) is 64.8 Å². The van der Waals surface area contributed by atoms with Gasteiger partial charge in [0.1, 0.15) is 5.75 Å². The van der Waals surface area contributed by atoms with Crippen LogP contribution in [0.3, 0.4) is 0 Å². The summed E-state index contributed by atoms with van der Waals surface area (Å²) < 4.78 is 31.3. The van der Waals surface area contributed by atoms with Gasteiger partial charge in [0.05, 0.1) is 25.0 Å². The van der Waals surface area contributed by atoms with Crippen molar-refractivity contribution in [3.8, 4) is 5.75 Å². The van der Waals surface area contributed by atoms with Crippen molar-refractivity contribution in [1.29, 1.82) is 0 Å². The molecule has 3 aromatic rings. The standard InChI is InChI=1S/C31H38N4O4S/c1-34(40(3,37)38)24-14-15-27(39-2)23(18-24)19-33-29-25-16-17-35(20-26(25)31(32)36)30(29)28(21-10-6-4-7-11-21)22-12-8-5-9-13-22/h4-15,18,25-26,28-30,33H,16-17,19-20H2,1-3H3,(H2,32,36)/t25-,26-,29-,30+/m0/s1. The van der Waals surface area contributed by atoms with E-state index >= 15 is 0 Å². The van der Waals surface area contributed by atoms with Crippen molar-refractivity contribution in [2.24, 2.45) is 17.6 Å². The summed E-state index contributed by atoms with van der Waals surface area (Å²) in [5.74, 6) is 0.339. The molecule has 0 spiro atoms. The maximum Gasteiger partial charge on any atom is 0.231 e. The van der Waals surface area contributed by atoms with E-state index in [1.54, 1.807) is 26.3 Å². The van der Waals surface area contributed by atoms with Gasteiger partial charge >= 0.3 is 0 Å². The minimum Gasteiger partial charge on any atom is -0.496 e. The number of piperidine rings is 3. The third-order valence-electron chi connectivity index (χ3n) is 8.63. The van der Waals surface area contributed by atoms with E-state index in [-0.39, 0.29) is 35.7 Å². The number of ether oxygens (including phenoxy) is 1. The molecule has 3 heterocycles. The molecule has 3 N–H and O–H groups in total. The van der Waals surface area contributed by atoms with Crippen LogP contribution in [0.5, 0.6) is 5.75 Å². The molecule has 6 rings (SSSR count). The lowest BCUT2D eigenvalue weighted by Gasteiger charge is -2.56. The SMILES string of the molecule is COc1ccc(N(C)S(C)(=O)=O)cc1CN[C@H]1[C@H]2CCN(C[C@@H]2C(N)=O)[C@@H]1C(c1ccccc1)c1ccccc1. The lowest BCUT2D eigenvalue weighted by atomic mass is 9.66. The van der Waals surface area contributed by atoms with E-state index in [4.69, 9.17) is 10.5 Å². The number of nitrogens with two attached hydrogens (primary N) is 1. The molecular formula is C31H38N4O4S. The van der Waals surface area contributed by atoms with Crippen LogP contribution in [0.25, 0.3) is 0 Å². The summed E-state index contributed by atoms with van der Waals surface area (Å²) in [6.07, 6.45) is 2.07. The topological polar surface area (TPSA) is 105 Å². The fourth-order valence-corrected chi connectivity index (χ4v) is 7.09. The van der Waals surface area contributed by atoms with Gasteiger partial charge in [-0.25, -0.2) is 8.42 Å². The number of amides is 1. The molecule has 0 radical (unpaired) electrons. The van der Waals surface area contributed by atoms with Crippen molar-refractivity contribution in [2.75, 3.05) is 37.8 Å². The van der Waals surface area contributed by atoms with Gasteiger partial charge in [0.2, 0.25) is 15.9 Å². The summed E-state index contributed by atoms with van der Waals surface area (Å²) in [6.45, 7) is 2.00. The maximum absolute atomic E-state index is 12.6. The number of nitrogens with zero attached hydrogens (tertiary/aromatic N) is 2. The number of hydrogen-bond donors (Lipinski definition) is 2. The van der Waals surface area contributed by atoms with Gasteiger partial charge < -0.3 is 15.8 Å². The van der Waals surface area contributed by atoms with Crippen molar-refractivity contribution in [3.05, 3.63) is 95.6 Å². The number of sulfonamides is 1. The van der Waals surface area contributed by atoms with Crippen LogP contribution in [0.2, 0.25) is 0 Å². The third kappa shape index (κ3) is 5.59. The Morgan fingerprint density at radius 3 is 2.25 bits per heavy atom. The molecule has 8 nitrogen and oxygen atoms in total. The Labute approximate surface area is 237 Å². The lowest BCUT2D eigenvalue weighted by molar-refractivity contribution is -0.132. The summed E-state index contributed by atoms with van der Waals surface area (Å²) >= 11 is 0. The predicted molar refractivity (Wildman–Crippen MR) is 158 cm³/mol. The van der Waals surface area contributed by atoms with Crippen LogP contribution in [0.4, 0.5) is 5.69 Å². The van der Waals surface area contributed by atoms with Crippen molar-refractivity contribution in [1.82, 2.24) is 10.2 Å². The summed E-state index contributed by atoms with van der Waals surface area (Å²) in [6, 6.07) is 26.5. The molecule has 3 aliphatic rings. The number of benzene rings is 3. The van der Waals surface area contributed by atoms with E-state index in [0.29, 0.717) is 24.5 Å². The van der Waals surface area contributed by atoms with E-state index in [2.05, 4.69) is 58.7 Å². The van der Waals surface area contributed by atoms with E-state index in [1.807, 2.05) is 18.2 Å². The second kappa shape index (κ2) is 11.6. The molecule has 3 aromatic carbocycles. The van der Waals surface area contributed by atoms with Gasteiger partial charge in [-0.05, 0) is 48.2 Å². The molecule has 5 atom stereocenters. The summed E-state index contributed by atoms with van der Waals surface area (Å²) in [5, 5.41) is 3.81. The van der Waals surface area contributed by atoms with Crippen molar-refractivity contribution < 1.29 is 17.9 Å². The second-order valence-corrected chi connectivity index (χ2v) is 12.9. The number of carbonyl (C=O) groups excluding carboxylic acids is 1. The Morgan fingerprint density at radius 2 is 1.70 bits per heavy atom. The number of fused-ring (bicyclic) bond motifs is 3. The zero-order valence-corrected chi connectivity index (χ0v) is 24.1. The first-order chi connectivity index (χ1) is 19.2. The smallest absolute Gasteiger partial charge is 0.231 e. The van der Waals surface area contributed by atoms with Crippen LogP contribution in [-0.2, 0) is 21.4 Å². The highest BCUT2D eigenvalue weighted by Crippen LogP contribution is 2.44. The van der Waals surface area contributed by atoms with E-state index in [9.17, 15) is 13.2 Å². The first-order valence-corrected chi connectivity index (χ1v) is 15.5. The molecular weight excluding hydrogens is 524 g/mol. The molecule has 212 valence electrons. The summed E-state index contributed by atoms with van der Waals surface area (Å²) in [4.78, 5) is 15.0. The van der Waals surface area contributed by atoms with Crippen LogP contribution in [0, 0.1) is 11.8 Å². The lowest BCUT2D eigenvalue weighted by Crippen LogP contribution is -2.68. The van der Waals surface area contributed by atoms with Crippen molar-refractivity contribution in [3.63, 3.8) is 0 Å². The number of anilines is 1.